The van der Waals surface area contributed by atoms with Crippen molar-refractivity contribution >= 4 is 17.6 Å². The average molecular weight is 338 g/mol. The molecule has 2 bridgehead atoms. The van der Waals surface area contributed by atoms with Gasteiger partial charge in [-0.3, -0.25) is 24.2 Å². The van der Waals surface area contributed by atoms with Crippen LogP contribution >= 0.6 is 0 Å². The fourth-order valence-electron chi connectivity index (χ4n) is 4.52. The van der Waals surface area contributed by atoms with Crippen molar-refractivity contribution < 1.29 is 14.4 Å². The maximum Gasteiger partial charge on any atom is 0.235 e. The minimum atomic E-state index is -0.567. The highest BCUT2D eigenvalue weighted by Gasteiger charge is 2.65. The van der Waals surface area contributed by atoms with E-state index in [1.54, 1.807) is 6.08 Å². The molecule has 0 radical (unpaired) electrons. The Balaban J connectivity index is 1.72. The van der Waals surface area contributed by atoms with E-state index in [4.69, 9.17) is 0 Å². The molecule has 3 aliphatic rings. The van der Waals surface area contributed by atoms with Crippen LogP contribution < -0.4 is 0 Å². The van der Waals surface area contributed by atoms with E-state index in [2.05, 4.69) is 0 Å². The summed E-state index contributed by atoms with van der Waals surface area (Å²) in [5.41, 5.74) is 0.511. The first-order valence-corrected chi connectivity index (χ1v) is 8.70. The maximum absolute atomic E-state index is 13.0. The van der Waals surface area contributed by atoms with Crippen molar-refractivity contribution in [2.24, 2.45) is 11.8 Å². The Kier molecular flexibility index (Phi) is 3.48. The lowest BCUT2D eigenvalue weighted by atomic mass is 9.90. The molecule has 0 aliphatic carbocycles. The van der Waals surface area contributed by atoms with Gasteiger partial charge in [-0.2, -0.15) is 0 Å². The van der Waals surface area contributed by atoms with Gasteiger partial charge < -0.3 is 0 Å². The van der Waals surface area contributed by atoms with Gasteiger partial charge in [0.1, 0.15) is 0 Å². The summed E-state index contributed by atoms with van der Waals surface area (Å²) in [5, 5.41) is 0. The number of nitrogens with zero attached hydrogens (tertiary/aromatic N) is 2. The van der Waals surface area contributed by atoms with Gasteiger partial charge in [0.25, 0.3) is 0 Å². The molecule has 0 saturated carbocycles. The van der Waals surface area contributed by atoms with Crippen molar-refractivity contribution in [1.29, 1.82) is 0 Å². The van der Waals surface area contributed by atoms with Crippen LogP contribution in [-0.4, -0.2) is 45.0 Å². The van der Waals surface area contributed by atoms with Crippen molar-refractivity contribution in [3.63, 3.8) is 0 Å². The van der Waals surface area contributed by atoms with Gasteiger partial charge in [0.15, 0.2) is 5.78 Å². The summed E-state index contributed by atoms with van der Waals surface area (Å²) in [7, 11) is 0. The monoisotopic (exact) mass is 338 g/mol. The van der Waals surface area contributed by atoms with E-state index in [0.29, 0.717) is 6.54 Å². The molecule has 1 aromatic rings. The molecule has 3 aliphatic heterocycles. The Morgan fingerprint density at radius 3 is 2.24 bits per heavy atom. The van der Waals surface area contributed by atoms with E-state index in [1.807, 2.05) is 62.1 Å². The highest BCUT2D eigenvalue weighted by atomic mass is 16.2. The highest BCUT2D eigenvalue weighted by molar-refractivity contribution is 6.12. The van der Waals surface area contributed by atoms with Crippen LogP contribution in [0.5, 0.6) is 0 Å². The Morgan fingerprint density at radius 1 is 0.960 bits per heavy atom. The first-order valence-electron chi connectivity index (χ1n) is 8.70. The fourth-order valence-corrected chi connectivity index (χ4v) is 4.52. The zero-order chi connectivity index (χ0) is 17.9. The predicted molar refractivity (Wildman–Crippen MR) is 92.3 cm³/mol. The van der Waals surface area contributed by atoms with Crippen LogP contribution in [0.15, 0.2) is 42.5 Å². The summed E-state index contributed by atoms with van der Waals surface area (Å²) in [4.78, 5) is 42.0. The van der Waals surface area contributed by atoms with E-state index in [1.165, 1.54) is 4.90 Å². The number of likely N-dealkylation sites (tertiary alicyclic amines) is 1. The number of carbonyl (C=O) groups excluding carboxylic acids is 3. The predicted octanol–water partition coefficient (Wildman–Crippen LogP) is 1.78. The van der Waals surface area contributed by atoms with Crippen molar-refractivity contribution in [3.8, 4) is 0 Å². The maximum atomic E-state index is 13.0. The van der Waals surface area contributed by atoms with Gasteiger partial charge in [0, 0.05) is 18.1 Å². The van der Waals surface area contributed by atoms with Gasteiger partial charge in [0.2, 0.25) is 11.8 Å². The summed E-state index contributed by atoms with van der Waals surface area (Å²) in [6.45, 7) is 6.15. The molecule has 2 fully saturated rings. The van der Waals surface area contributed by atoms with E-state index in [0.717, 1.165) is 5.56 Å². The van der Waals surface area contributed by atoms with E-state index < -0.39 is 23.4 Å². The van der Waals surface area contributed by atoms with E-state index in [9.17, 15) is 14.4 Å². The number of amides is 2. The molecule has 4 atom stereocenters. The van der Waals surface area contributed by atoms with E-state index >= 15 is 0 Å². The SMILES string of the molecule is CC(C)(C)N1C(=O)C2C(C1=O)C1C(=O)C=CC2N1Cc1ccccc1. The largest absolute Gasteiger partial charge is 0.293 e. The standard InChI is InChI=1S/C20H22N2O3/c1-20(2,3)22-18(24)15-13-9-10-14(23)17(16(15)19(22)25)21(13)11-12-7-5-4-6-8-12/h4-10,13,15-17H,11H2,1-3H3. The van der Waals surface area contributed by atoms with Gasteiger partial charge in [-0.1, -0.05) is 36.4 Å². The quantitative estimate of drug-likeness (QED) is 0.772. The Labute approximate surface area is 147 Å². The van der Waals surface area contributed by atoms with Crippen LogP contribution in [-0.2, 0) is 20.9 Å². The number of hydrogen-bond acceptors (Lipinski definition) is 4. The molecule has 4 rings (SSSR count). The number of rotatable bonds is 2. The lowest BCUT2D eigenvalue weighted by Crippen LogP contribution is -2.52. The van der Waals surface area contributed by atoms with Gasteiger partial charge >= 0.3 is 0 Å². The fraction of sp³-hybridized carbons (Fsp3) is 0.450. The summed E-state index contributed by atoms with van der Waals surface area (Å²) in [6, 6.07) is 9.13. The van der Waals surface area contributed by atoms with Gasteiger partial charge in [-0.05, 0) is 32.4 Å². The summed E-state index contributed by atoms with van der Waals surface area (Å²) < 4.78 is 0. The first kappa shape index (κ1) is 16.2. The normalized spacial score (nSPS) is 31.8. The van der Waals surface area contributed by atoms with Crippen molar-refractivity contribution in [2.45, 2.75) is 44.9 Å². The second-order valence-corrected chi connectivity index (χ2v) is 8.09. The lowest BCUT2D eigenvalue weighted by Gasteiger charge is -2.36. The third-order valence-corrected chi connectivity index (χ3v) is 5.47. The number of hydrogen-bond donors (Lipinski definition) is 0. The molecule has 3 heterocycles. The number of fused-ring (bicyclic) bond motifs is 5. The summed E-state index contributed by atoms with van der Waals surface area (Å²) >= 11 is 0. The Hall–Kier alpha value is -2.27. The second kappa shape index (κ2) is 5.36. The molecule has 4 unspecified atom stereocenters. The molecule has 1 aromatic carbocycles. The van der Waals surface area contributed by atoms with Crippen LogP contribution in [0.3, 0.4) is 0 Å². The van der Waals surface area contributed by atoms with Crippen LogP contribution in [0.2, 0.25) is 0 Å². The topological polar surface area (TPSA) is 57.7 Å². The average Bonchev–Trinajstić information content (AvgIpc) is 2.92. The number of benzene rings is 1. The van der Waals surface area contributed by atoms with Crippen LogP contribution in [0, 0.1) is 11.8 Å². The molecule has 5 heteroatoms. The molecule has 2 amide bonds. The zero-order valence-corrected chi connectivity index (χ0v) is 14.7. The zero-order valence-electron chi connectivity index (χ0n) is 14.7. The van der Waals surface area contributed by atoms with Gasteiger partial charge in [0.05, 0.1) is 17.9 Å². The lowest BCUT2D eigenvalue weighted by molar-refractivity contribution is -0.148. The minimum Gasteiger partial charge on any atom is -0.293 e. The van der Waals surface area contributed by atoms with Crippen molar-refractivity contribution in [1.82, 2.24) is 9.80 Å². The third kappa shape index (κ3) is 2.29. The molecular formula is C20H22N2O3. The van der Waals surface area contributed by atoms with E-state index in [-0.39, 0.29) is 23.6 Å². The minimum absolute atomic E-state index is 0.0726. The van der Waals surface area contributed by atoms with Gasteiger partial charge in [-0.15, -0.1) is 0 Å². The van der Waals surface area contributed by atoms with Crippen LogP contribution in [0.25, 0.3) is 0 Å². The van der Waals surface area contributed by atoms with Gasteiger partial charge in [-0.25, -0.2) is 0 Å². The second-order valence-electron chi connectivity index (χ2n) is 8.09. The number of carbonyl (C=O) groups is 3. The molecule has 25 heavy (non-hydrogen) atoms. The van der Waals surface area contributed by atoms with Crippen molar-refractivity contribution in [3.05, 3.63) is 48.0 Å². The third-order valence-electron chi connectivity index (χ3n) is 5.47. The molecule has 2 saturated heterocycles. The highest BCUT2D eigenvalue weighted by Crippen LogP contribution is 2.47. The molecule has 0 N–H and O–H groups in total. The first-order chi connectivity index (χ1) is 11.8. The van der Waals surface area contributed by atoms with Crippen molar-refractivity contribution in [2.75, 3.05) is 0 Å². The molecule has 5 nitrogen and oxygen atoms in total. The molecule has 0 aromatic heterocycles. The number of ketones is 1. The number of imide groups is 1. The summed E-state index contributed by atoms with van der Waals surface area (Å²) in [5.74, 6) is -1.44. The smallest absolute Gasteiger partial charge is 0.235 e. The summed E-state index contributed by atoms with van der Waals surface area (Å²) in [6.07, 6.45) is 3.36. The van der Waals surface area contributed by atoms with Crippen LogP contribution in [0.4, 0.5) is 0 Å². The van der Waals surface area contributed by atoms with Crippen LogP contribution in [0.1, 0.15) is 26.3 Å². The molecule has 130 valence electrons. The molecular weight excluding hydrogens is 316 g/mol. The Bertz CT molecular complexity index is 778. The molecule has 0 spiro atoms. The Morgan fingerprint density at radius 2 is 1.60 bits per heavy atom.